The van der Waals surface area contributed by atoms with Gasteiger partial charge in [-0.1, -0.05) is 11.2 Å². The molecule has 3 rings (SSSR count). The molecule has 0 aliphatic heterocycles. The molecule has 1 heterocycles. The zero-order valence-corrected chi connectivity index (χ0v) is 11.2. The molecule has 4 N–H and O–H groups in total. The van der Waals surface area contributed by atoms with Gasteiger partial charge in [-0.3, -0.25) is 0 Å². The van der Waals surface area contributed by atoms with Crippen LogP contribution in [0.15, 0.2) is 40.9 Å². The van der Waals surface area contributed by atoms with E-state index in [0.29, 0.717) is 23.0 Å². The number of phenols is 2. The third kappa shape index (κ3) is 2.38. The molecule has 106 valence electrons. The largest absolute Gasteiger partial charge is 0.504 e. The fourth-order valence-corrected chi connectivity index (χ4v) is 1.98. The van der Waals surface area contributed by atoms with Crippen LogP contribution in [0, 0.1) is 6.92 Å². The SMILES string of the molecule is Cc1ccc(N)cc1-c1nc(-c2ccc(O)c(O)c2)no1. The Hall–Kier alpha value is -3.02. The highest BCUT2D eigenvalue weighted by molar-refractivity contribution is 5.67. The number of phenolic OH excluding ortho intramolecular Hbond substituents is 2. The summed E-state index contributed by atoms with van der Waals surface area (Å²) in [6, 6.07) is 9.77. The molecule has 0 radical (unpaired) electrons. The van der Waals surface area contributed by atoms with Crippen LogP contribution in [0.2, 0.25) is 0 Å². The summed E-state index contributed by atoms with van der Waals surface area (Å²) in [5, 5.41) is 22.7. The van der Waals surface area contributed by atoms with Crippen molar-refractivity contribution < 1.29 is 14.7 Å². The molecule has 0 spiro atoms. The van der Waals surface area contributed by atoms with Crippen LogP contribution >= 0.6 is 0 Å². The Morgan fingerprint density at radius 2 is 1.86 bits per heavy atom. The molecule has 6 nitrogen and oxygen atoms in total. The highest BCUT2D eigenvalue weighted by atomic mass is 16.5. The summed E-state index contributed by atoms with van der Waals surface area (Å²) in [4.78, 5) is 4.30. The van der Waals surface area contributed by atoms with Gasteiger partial charge >= 0.3 is 0 Å². The molecule has 0 unspecified atom stereocenters. The maximum Gasteiger partial charge on any atom is 0.258 e. The molecule has 0 aliphatic carbocycles. The number of nitrogen functional groups attached to an aromatic ring is 1. The van der Waals surface area contributed by atoms with Crippen molar-refractivity contribution in [3.63, 3.8) is 0 Å². The fourth-order valence-electron chi connectivity index (χ4n) is 1.98. The summed E-state index contributed by atoms with van der Waals surface area (Å²) in [6.07, 6.45) is 0. The predicted molar refractivity (Wildman–Crippen MR) is 77.6 cm³/mol. The number of hydrogen-bond donors (Lipinski definition) is 3. The quantitative estimate of drug-likeness (QED) is 0.493. The second-order valence-electron chi connectivity index (χ2n) is 4.70. The number of rotatable bonds is 2. The van der Waals surface area contributed by atoms with Gasteiger partial charge in [0.25, 0.3) is 5.89 Å². The van der Waals surface area contributed by atoms with Crippen LogP contribution < -0.4 is 5.73 Å². The van der Waals surface area contributed by atoms with E-state index in [2.05, 4.69) is 10.1 Å². The van der Waals surface area contributed by atoms with Gasteiger partial charge in [-0.15, -0.1) is 0 Å². The summed E-state index contributed by atoms with van der Waals surface area (Å²) in [5.74, 6) is 0.234. The first-order valence-electron chi connectivity index (χ1n) is 6.27. The van der Waals surface area contributed by atoms with Gasteiger partial charge in [0.1, 0.15) is 0 Å². The Morgan fingerprint density at radius 3 is 2.62 bits per heavy atom. The van der Waals surface area contributed by atoms with Gasteiger partial charge in [-0.2, -0.15) is 4.98 Å². The Balaban J connectivity index is 2.03. The highest BCUT2D eigenvalue weighted by Crippen LogP contribution is 2.31. The molecule has 0 saturated carbocycles. The van der Waals surface area contributed by atoms with Gasteiger partial charge in [0.2, 0.25) is 5.82 Å². The summed E-state index contributed by atoms with van der Waals surface area (Å²) in [7, 11) is 0. The molecule has 0 saturated heterocycles. The molecule has 21 heavy (non-hydrogen) atoms. The van der Waals surface area contributed by atoms with Crippen molar-refractivity contribution in [1.82, 2.24) is 10.1 Å². The standard InChI is InChI=1S/C15H13N3O3/c1-8-2-4-10(16)7-11(8)15-17-14(18-21-15)9-3-5-12(19)13(20)6-9/h2-7,19-20H,16H2,1H3. The van der Waals surface area contributed by atoms with Crippen molar-refractivity contribution in [2.45, 2.75) is 6.92 Å². The normalized spacial score (nSPS) is 10.7. The first kappa shape index (κ1) is 13.0. The summed E-state index contributed by atoms with van der Waals surface area (Å²) < 4.78 is 5.25. The molecule has 0 fully saturated rings. The smallest absolute Gasteiger partial charge is 0.258 e. The third-order valence-corrected chi connectivity index (χ3v) is 3.15. The summed E-state index contributed by atoms with van der Waals surface area (Å²) >= 11 is 0. The van der Waals surface area contributed by atoms with E-state index in [1.807, 2.05) is 13.0 Å². The summed E-state index contributed by atoms with van der Waals surface area (Å²) in [6.45, 7) is 1.92. The van der Waals surface area contributed by atoms with Crippen LogP contribution in [-0.4, -0.2) is 20.4 Å². The minimum absolute atomic E-state index is 0.200. The number of aryl methyl sites for hydroxylation is 1. The lowest BCUT2D eigenvalue weighted by Gasteiger charge is -2.01. The lowest BCUT2D eigenvalue weighted by molar-refractivity contribution is 0.404. The number of benzene rings is 2. The topological polar surface area (TPSA) is 105 Å². The number of nitrogens with two attached hydrogens (primary N) is 1. The maximum absolute atomic E-state index is 9.51. The first-order valence-corrected chi connectivity index (χ1v) is 6.27. The molecule has 0 amide bonds. The van der Waals surface area contributed by atoms with Crippen molar-refractivity contribution in [1.29, 1.82) is 0 Å². The van der Waals surface area contributed by atoms with Crippen molar-refractivity contribution in [3.05, 3.63) is 42.0 Å². The molecule has 0 bridgehead atoms. The van der Waals surface area contributed by atoms with Gasteiger partial charge in [0.15, 0.2) is 11.5 Å². The van der Waals surface area contributed by atoms with Crippen molar-refractivity contribution in [3.8, 4) is 34.3 Å². The number of aromatic nitrogens is 2. The average Bonchev–Trinajstić information content (AvgIpc) is 2.94. The molecule has 1 aromatic heterocycles. The second kappa shape index (κ2) is 4.82. The van der Waals surface area contributed by atoms with Crippen LogP contribution in [0.25, 0.3) is 22.8 Å². The monoisotopic (exact) mass is 283 g/mol. The van der Waals surface area contributed by atoms with Crippen molar-refractivity contribution in [2.75, 3.05) is 5.73 Å². The Kier molecular flexibility index (Phi) is 2.98. The van der Waals surface area contributed by atoms with Gasteiger partial charge < -0.3 is 20.5 Å². The van der Waals surface area contributed by atoms with Crippen molar-refractivity contribution >= 4 is 5.69 Å². The van der Waals surface area contributed by atoms with Gasteiger partial charge in [0, 0.05) is 16.8 Å². The Bertz CT molecular complexity index is 812. The van der Waals surface area contributed by atoms with Crippen LogP contribution in [-0.2, 0) is 0 Å². The minimum Gasteiger partial charge on any atom is -0.504 e. The molecule has 6 heteroatoms. The van der Waals surface area contributed by atoms with Crippen LogP contribution in [0.1, 0.15) is 5.56 Å². The Labute approximate surface area is 120 Å². The van der Waals surface area contributed by atoms with Gasteiger partial charge in [0.05, 0.1) is 0 Å². The number of nitrogens with zero attached hydrogens (tertiary/aromatic N) is 2. The average molecular weight is 283 g/mol. The predicted octanol–water partition coefficient (Wildman–Crippen LogP) is 2.71. The zero-order valence-electron chi connectivity index (χ0n) is 11.2. The molecule has 0 aliphatic rings. The number of aromatic hydroxyl groups is 2. The highest BCUT2D eigenvalue weighted by Gasteiger charge is 2.14. The van der Waals surface area contributed by atoms with Gasteiger partial charge in [-0.05, 0) is 42.8 Å². The first-order chi connectivity index (χ1) is 10.0. The van der Waals surface area contributed by atoms with Gasteiger partial charge in [-0.25, -0.2) is 0 Å². The molecular weight excluding hydrogens is 270 g/mol. The van der Waals surface area contributed by atoms with Crippen LogP contribution in [0.3, 0.4) is 0 Å². The molecular formula is C15H13N3O3. The van der Waals surface area contributed by atoms with Crippen LogP contribution in [0.4, 0.5) is 5.69 Å². The summed E-state index contributed by atoms with van der Waals surface area (Å²) in [5.41, 5.74) is 8.65. The van der Waals surface area contributed by atoms with E-state index >= 15 is 0 Å². The van der Waals surface area contributed by atoms with E-state index in [0.717, 1.165) is 11.1 Å². The number of hydrogen-bond acceptors (Lipinski definition) is 6. The number of anilines is 1. The zero-order chi connectivity index (χ0) is 15.0. The maximum atomic E-state index is 9.51. The third-order valence-electron chi connectivity index (χ3n) is 3.15. The van der Waals surface area contributed by atoms with E-state index in [1.165, 1.54) is 12.1 Å². The molecule has 2 aromatic carbocycles. The lowest BCUT2D eigenvalue weighted by Crippen LogP contribution is -1.89. The van der Waals surface area contributed by atoms with E-state index in [9.17, 15) is 10.2 Å². The van der Waals surface area contributed by atoms with Crippen molar-refractivity contribution in [2.24, 2.45) is 0 Å². The molecule has 0 atom stereocenters. The van der Waals surface area contributed by atoms with E-state index in [-0.39, 0.29) is 11.5 Å². The van der Waals surface area contributed by atoms with E-state index in [4.69, 9.17) is 10.3 Å². The van der Waals surface area contributed by atoms with E-state index in [1.54, 1.807) is 18.2 Å². The van der Waals surface area contributed by atoms with E-state index < -0.39 is 0 Å². The minimum atomic E-state index is -0.237. The van der Waals surface area contributed by atoms with Crippen LogP contribution in [0.5, 0.6) is 11.5 Å². The second-order valence-corrected chi connectivity index (χ2v) is 4.70. The Morgan fingerprint density at radius 1 is 1.05 bits per heavy atom. The fraction of sp³-hybridized carbons (Fsp3) is 0.0667. The molecule has 3 aromatic rings. The lowest BCUT2D eigenvalue weighted by atomic mass is 10.1.